The molecule has 0 radical (unpaired) electrons. The van der Waals surface area contributed by atoms with E-state index in [0.29, 0.717) is 0 Å². The van der Waals surface area contributed by atoms with E-state index in [0.717, 1.165) is 0 Å². The van der Waals surface area contributed by atoms with E-state index in [9.17, 15) is 13.2 Å². The Bertz CT molecular complexity index is 434. The molecule has 1 rings (SSSR count). The molecule has 0 aromatic heterocycles. The van der Waals surface area contributed by atoms with Crippen LogP contribution in [0, 0.1) is 0 Å². The molecule has 1 aliphatic rings. The molecule has 0 aliphatic carbocycles. The van der Waals surface area contributed by atoms with Crippen molar-refractivity contribution < 1.29 is 17.9 Å². The number of halogens is 1. The van der Waals surface area contributed by atoms with Crippen LogP contribution in [0.3, 0.4) is 0 Å². The zero-order valence-corrected chi connectivity index (χ0v) is 13.5. The largest absolute Gasteiger partial charge is 0.444 e. The first-order chi connectivity index (χ1) is 8.42. The molecule has 112 valence electrons. The number of nitrogens with zero attached hydrogens (tertiary/aromatic N) is 2. The number of hydrogen-bond donors (Lipinski definition) is 0. The number of hydrogen-bond acceptors (Lipinski definition) is 4. The van der Waals surface area contributed by atoms with Gasteiger partial charge in [-0.05, 0) is 34.6 Å². The van der Waals surface area contributed by atoms with Gasteiger partial charge in [0.1, 0.15) is 5.60 Å². The minimum absolute atomic E-state index is 0.176. The van der Waals surface area contributed by atoms with Crippen molar-refractivity contribution in [1.29, 1.82) is 0 Å². The fourth-order valence-corrected chi connectivity index (χ4v) is 3.25. The number of piperazine rings is 1. The second kappa shape index (κ2) is 5.46. The summed E-state index contributed by atoms with van der Waals surface area (Å²) in [5.74, 6) is 0. The third kappa shape index (κ3) is 4.50. The maximum Gasteiger partial charge on any atom is 0.410 e. The van der Waals surface area contributed by atoms with Crippen LogP contribution in [0.15, 0.2) is 0 Å². The van der Waals surface area contributed by atoms with E-state index < -0.39 is 20.9 Å². The Morgan fingerprint density at radius 1 is 1.21 bits per heavy atom. The highest BCUT2D eigenvalue weighted by atomic mass is 35.7. The van der Waals surface area contributed by atoms with E-state index in [1.165, 1.54) is 4.31 Å². The van der Waals surface area contributed by atoms with Gasteiger partial charge in [-0.25, -0.2) is 4.79 Å². The minimum Gasteiger partial charge on any atom is -0.444 e. The summed E-state index contributed by atoms with van der Waals surface area (Å²) in [6.45, 7) is 9.27. The van der Waals surface area contributed by atoms with Gasteiger partial charge >= 0.3 is 6.09 Å². The number of amides is 1. The summed E-state index contributed by atoms with van der Waals surface area (Å²) in [6.07, 6.45) is -0.431. The maximum atomic E-state index is 12.1. The number of carbonyl (C=O) groups is 1. The molecule has 0 spiro atoms. The van der Waals surface area contributed by atoms with Gasteiger partial charge in [-0.3, -0.25) is 0 Å². The summed E-state index contributed by atoms with van der Waals surface area (Å²) < 4.78 is 29.2. The molecule has 0 unspecified atom stereocenters. The Labute approximate surface area is 119 Å². The predicted octanol–water partition coefficient (Wildman–Crippen LogP) is 1.80. The average molecular weight is 313 g/mol. The third-order valence-corrected chi connectivity index (χ3v) is 4.30. The average Bonchev–Trinajstić information content (AvgIpc) is 2.11. The van der Waals surface area contributed by atoms with E-state index >= 15 is 0 Å². The van der Waals surface area contributed by atoms with Gasteiger partial charge in [0.15, 0.2) is 0 Å². The van der Waals surface area contributed by atoms with E-state index in [2.05, 4.69) is 0 Å². The summed E-state index contributed by atoms with van der Waals surface area (Å²) in [7, 11) is 1.59. The van der Waals surface area contributed by atoms with E-state index in [1.54, 1.807) is 39.5 Å². The number of carbonyl (C=O) groups excluding carboxylic acids is 1. The SMILES string of the molecule is C[C@@H]1CN(S(=O)(=O)Cl)C[C@H](C)N1C(=O)OC(C)(C)C. The molecule has 0 aromatic rings. The van der Waals surface area contributed by atoms with Crippen molar-refractivity contribution in [3.8, 4) is 0 Å². The van der Waals surface area contributed by atoms with E-state index in [4.69, 9.17) is 15.4 Å². The Morgan fingerprint density at radius 2 is 1.63 bits per heavy atom. The molecule has 0 saturated carbocycles. The first-order valence-electron chi connectivity index (χ1n) is 6.13. The van der Waals surface area contributed by atoms with Gasteiger partial charge in [0.05, 0.1) is 0 Å². The lowest BCUT2D eigenvalue weighted by Crippen LogP contribution is -2.59. The van der Waals surface area contributed by atoms with Crippen LogP contribution in [-0.4, -0.2) is 54.5 Å². The number of rotatable bonds is 1. The molecule has 2 atom stereocenters. The fourth-order valence-electron chi connectivity index (χ4n) is 2.13. The lowest BCUT2D eigenvalue weighted by atomic mass is 10.1. The summed E-state index contributed by atoms with van der Waals surface area (Å²) >= 11 is 0. The predicted molar refractivity (Wildman–Crippen MR) is 73.3 cm³/mol. The standard InChI is InChI=1S/C11H21ClN2O4S/c1-8-6-13(19(12,16)17)7-9(2)14(8)10(15)18-11(3,4)5/h8-9H,6-7H2,1-5H3/t8-,9+. The van der Waals surface area contributed by atoms with Crippen molar-refractivity contribution in [2.75, 3.05) is 13.1 Å². The Morgan fingerprint density at radius 3 is 1.95 bits per heavy atom. The van der Waals surface area contributed by atoms with Crippen LogP contribution in [0.1, 0.15) is 34.6 Å². The topological polar surface area (TPSA) is 66.9 Å². The van der Waals surface area contributed by atoms with Gasteiger partial charge in [-0.2, -0.15) is 12.7 Å². The molecule has 6 nitrogen and oxygen atoms in total. The molecular formula is C11H21ClN2O4S. The zero-order chi connectivity index (χ0) is 15.0. The molecular weight excluding hydrogens is 292 g/mol. The summed E-state index contributed by atoms with van der Waals surface area (Å²) in [5.41, 5.74) is -0.577. The number of ether oxygens (including phenoxy) is 1. The highest BCUT2D eigenvalue weighted by molar-refractivity contribution is 8.11. The molecule has 1 heterocycles. The van der Waals surface area contributed by atoms with Crippen LogP contribution in [0.5, 0.6) is 0 Å². The smallest absolute Gasteiger partial charge is 0.410 e. The van der Waals surface area contributed by atoms with Gasteiger partial charge < -0.3 is 9.64 Å². The minimum atomic E-state index is -3.75. The molecule has 1 aliphatic heterocycles. The molecule has 0 bridgehead atoms. The van der Waals surface area contributed by atoms with Crippen molar-refractivity contribution in [2.24, 2.45) is 0 Å². The van der Waals surface area contributed by atoms with Gasteiger partial charge in [-0.1, -0.05) is 0 Å². The van der Waals surface area contributed by atoms with Crippen molar-refractivity contribution in [2.45, 2.75) is 52.3 Å². The first-order valence-corrected chi connectivity index (χ1v) is 8.39. The van der Waals surface area contributed by atoms with Gasteiger partial charge in [0, 0.05) is 35.9 Å². The highest BCUT2D eigenvalue weighted by Crippen LogP contribution is 2.22. The Kier molecular flexibility index (Phi) is 4.75. The summed E-state index contributed by atoms with van der Waals surface area (Å²) in [5, 5.41) is 0. The monoisotopic (exact) mass is 312 g/mol. The quantitative estimate of drug-likeness (QED) is 0.692. The Balaban J connectivity index is 2.81. The van der Waals surface area contributed by atoms with Crippen LogP contribution in [0.4, 0.5) is 4.79 Å². The highest BCUT2D eigenvalue weighted by Gasteiger charge is 2.38. The van der Waals surface area contributed by atoms with Crippen LogP contribution in [0.2, 0.25) is 0 Å². The normalized spacial score (nSPS) is 26.3. The molecule has 0 aromatic carbocycles. The second-order valence-corrected chi connectivity index (χ2v) is 8.36. The van der Waals surface area contributed by atoms with Crippen LogP contribution in [-0.2, 0) is 14.0 Å². The lowest BCUT2D eigenvalue weighted by Gasteiger charge is -2.43. The van der Waals surface area contributed by atoms with Gasteiger partial charge in [-0.15, -0.1) is 0 Å². The van der Waals surface area contributed by atoms with Crippen LogP contribution in [0.25, 0.3) is 0 Å². The van der Waals surface area contributed by atoms with Crippen molar-refractivity contribution in [1.82, 2.24) is 9.21 Å². The van der Waals surface area contributed by atoms with E-state index in [1.807, 2.05) is 0 Å². The molecule has 1 amide bonds. The summed E-state index contributed by atoms with van der Waals surface area (Å²) in [6, 6.07) is -0.570. The zero-order valence-electron chi connectivity index (χ0n) is 11.9. The maximum absolute atomic E-state index is 12.1. The third-order valence-electron chi connectivity index (χ3n) is 2.80. The molecule has 8 heteroatoms. The summed E-state index contributed by atoms with van der Waals surface area (Å²) in [4.78, 5) is 13.7. The van der Waals surface area contributed by atoms with Crippen molar-refractivity contribution in [3.63, 3.8) is 0 Å². The Hall–Kier alpha value is -0.530. The van der Waals surface area contributed by atoms with Crippen LogP contribution >= 0.6 is 10.7 Å². The second-order valence-electron chi connectivity index (χ2n) is 5.84. The fraction of sp³-hybridized carbons (Fsp3) is 0.909. The van der Waals surface area contributed by atoms with E-state index in [-0.39, 0.29) is 25.2 Å². The molecule has 0 N–H and O–H groups in total. The first kappa shape index (κ1) is 16.5. The van der Waals surface area contributed by atoms with Crippen molar-refractivity contribution >= 4 is 26.0 Å². The van der Waals surface area contributed by atoms with Crippen LogP contribution < -0.4 is 0 Å². The van der Waals surface area contributed by atoms with Gasteiger partial charge in [0.2, 0.25) is 0 Å². The molecule has 19 heavy (non-hydrogen) atoms. The molecule has 1 fully saturated rings. The lowest BCUT2D eigenvalue weighted by molar-refractivity contribution is -0.00476. The van der Waals surface area contributed by atoms with Gasteiger partial charge in [0.25, 0.3) is 9.24 Å². The van der Waals surface area contributed by atoms with Crippen molar-refractivity contribution in [3.05, 3.63) is 0 Å². The molecule has 1 saturated heterocycles.